The van der Waals surface area contributed by atoms with Gasteiger partial charge in [-0.25, -0.2) is 4.98 Å². The van der Waals surface area contributed by atoms with Crippen molar-refractivity contribution < 1.29 is 14.6 Å². The molecule has 6 nitrogen and oxygen atoms in total. The maximum absolute atomic E-state index is 12.7. The van der Waals surface area contributed by atoms with Crippen LogP contribution in [0.3, 0.4) is 0 Å². The molecule has 0 unspecified atom stereocenters. The molecule has 136 valence electrons. The summed E-state index contributed by atoms with van der Waals surface area (Å²) in [6, 6.07) is 13.4. The summed E-state index contributed by atoms with van der Waals surface area (Å²) >= 11 is 0. The molecule has 0 aliphatic heterocycles. The van der Waals surface area contributed by atoms with E-state index in [1.54, 1.807) is 7.11 Å². The molecular formula is C20H23N3O3. The number of carbonyl (C=O) groups is 1. The predicted octanol–water partition coefficient (Wildman–Crippen LogP) is 2.92. The number of anilines is 1. The number of methoxy groups -OCH3 is 1. The number of aromatic nitrogens is 2. The van der Waals surface area contributed by atoms with Gasteiger partial charge in [0.05, 0.1) is 23.8 Å². The van der Waals surface area contributed by atoms with E-state index >= 15 is 0 Å². The summed E-state index contributed by atoms with van der Waals surface area (Å²) in [6.45, 7) is 2.21. The predicted molar refractivity (Wildman–Crippen MR) is 102 cm³/mol. The third-order valence-electron chi connectivity index (χ3n) is 4.22. The molecule has 3 rings (SSSR count). The van der Waals surface area contributed by atoms with E-state index < -0.39 is 0 Å². The highest BCUT2D eigenvalue weighted by Crippen LogP contribution is 2.25. The number of nitrogens with zero attached hydrogens (tertiary/aromatic N) is 2. The highest BCUT2D eigenvalue weighted by atomic mass is 16.5. The van der Waals surface area contributed by atoms with Gasteiger partial charge in [-0.1, -0.05) is 18.2 Å². The fraction of sp³-hybridized carbons (Fsp3) is 0.300. The summed E-state index contributed by atoms with van der Waals surface area (Å²) in [6.07, 6.45) is 1.23. The molecule has 0 fully saturated rings. The third-order valence-corrected chi connectivity index (χ3v) is 4.22. The number of fused-ring (bicyclic) bond motifs is 1. The molecule has 3 aromatic rings. The zero-order valence-corrected chi connectivity index (χ0v) is 15.0. The average Bonchev–Trinajstić information content (AvgIpc) is 2.97. The topological polar surface area (TPSA) is 76.4 Å². The number of ether oxygens (including phenoxy) is 1. The zero-order valence-electron chi connectivity index (χ0n) is 15.0. The van der Waals surface area contributed by atoms with Crippen LogP contribution in [-0.4, -0.2) is 34.3 Å². The van der Waals surface area contributed by atoms with Gasteiger partial charge in [-0.05, 0) is 43.2 Å². The quantitative estimate of drug-likeness (QED) is 0.685. The number of hydrogen-bond donors (Lipinski definition) is 2. The standard InChI is InChI=1S/C20H23N3O3/c1-14-9-10-18(26-2)16(12-14)22-20(25)13-23-17-7-4-3-6-15(17)21-19(23)8-5-11-24/h3-4,6-7,9-10,12,24H,5,8,11,13H2,1-2H3,(H,22,25). The molecule has 0 radical (unpaired) electrons. The smallest absolute Gasteiger partial charge is 0.244 e. The fourth-order valence-corrected chi connectivity index (χ4v) is 2.98. The van der Waals surface area contributed by atoms with Gasteiger partial charge >= 0.3 is 0 Å². The number of rotatable bonds is 7. The van der Waals surface area contributed by atoms with Crippen LogP contribution in [0.2, 0.25) is 0 Å². The van der Waals surface area contributed by atoms with Gasteiger partial charge in [-0.15, -0.1) is 0 Å². The average molecular weight is 353 g/mol. The van der Waals surface area contributed by atoms with Crippen LogP contribution in [-0.2, 0) is 17.8 Å². The molecule has 1 aromatic heterocycles. The van der Waals surface area contributed by atoms with Crippen molar-refractivity contribution in [3.05, 3.63) is 53.9 Å². The number of aryl methyl sites for hydroxylation is 2. The zero-order chi connectivity index (χ0) is 18.5. The fourth-order valence-electron chi connectivity index (χ4n) is 2.98. The van der Waals surface area contributed by atoms with E-state index in [0.717, 1.165) is 22.4 Å². The Kier molecular flexibility index (Phi) is 5.53. The van der Waals surface area contributed by atoms with Crippen LogP contribution >= 0.6 is 0 Å². The lowest BCUT2D eigenvalue weighted by atomic mass is 10.2. The Morgan fingerprint density at radius 1 is 1.27 bits per heavy atom. The Morgan fingerprint density at radius 3 is 2.85 bits per heavy atom. The minimum Gasteiger partial charge on any atom is -0.495 e. The summed E-state index contributed by atoms with van der Waals surface area (Å²) in [7, 11) is 1.58. The highest BCUT2D eigenvalue weighted by Gasteiger charge is 2.14. The lowest BCUT2D eigenvalue weighted by Crippen LogP contribution is -2.20. The SMILES string of the molecule is COc1ccc(C)cc1NC(=O)Cn1c(CCCO)nc2ccccc21. The molecule has 6 heteroatoms. The number of benzene rings is 2. The first kappa shape index (κ1) is 17.9. The second kappa shape index (κ2) is 8.01. The van der Waals surface area contributed by atoms with Crippen LogP contribution in [0.15, 0.2) is 42.5 Å². The summed E-state index contributed by atoms with van der Waals surface area (Å²) in [4.78, 5) is 17.3. The van der Waals surface area contributed by atoms with Gasteiger partial charge in [0.2, 0.25) is 5.91 Å². The molecule has 0 spiro atoms. The van der Waals surface area contributed by atoms with Crippen molar-refractivity contribution in [2.24, 2.45) is 0 Å². The van der Waals surface area contributed by atoms with Gasteiger partial charge in [-0.2, -0.15) is 0 Å². The van der Waals surface area contributed by atoms with E-state index in [1.165, 1.54) is 0 Å². The van der Waals surface area contributed by atoms with E-state index in [9.17, 15) is 4.79 Å². The van der Waals surface area contributed by atoms with E-state index in [-0.39, 0.29) is 19.1 Å². The van der Waals surface area contributed by atoms with Crippen molar-refractivity contribution in [1.29, 1.82) is 0 Å². The molecule has 2 aromatic carbocycles. The Labute approximate surface area is 152 Å². The molecule has 1 amide bonds. The lowest BCUT2D eigenvalue weighted by Gasteiger charge is -2.13. The van der Waals surface area contributed by atoms with Gasteiger partial charge in [0.15, 0.2) is 0 Å². The molecule has 0 aliphatic carbocycles. The summed E-state index contributed by atoms with van der Waals surface area (Å²) in [5.74, 6) is 1.27. The van der Waals surface area contributed by atoms with Crippen LogP contribution in [0.4, 0.5) is 5.69 Å². The molecule has 0 saturated carbocycles. The van der Waals surface area contributed by atoms with E-state index in [2.05, 4.69) is 10.3 Å². The number of amides is 1. The molecule has 26 heavy (non-hydrogen) atoms. The van der Waals surface area contributed by atoms with Crippen LogP contribution in [0.5, 0.6) is 5.75 Å². The van der Waals surface area contributed by atoms with E-state index in [1.807, 2.05) is 54.0 Å². The molecule has 1 heterocycles. The number of nitrogens with one attached hydrogen (secondary N) is 1. The Morgan fingerprint density at radius 2 is 2.08 bits per heavy atom. The summed E-state index contributed by atoms with van der Waals surface area (Å²) in [5, 5.41) is 12.1. The highest BCUT2D eigenvalue weighted by molar-refractivity contribution is 5.93. The molecule has 2 N–H and O–H groups in total. The Balaban J connectivity index is 1.86. The number of carbonyl (C=O) groups excluding carboxylic acids is 1. The second-order valence-electron chi connectivity index (χ2n) is 6.18. The van der Waals surface area contributed by atoms with Crippen LogP contribution in [0, 0.1) is 6.92 Å². The first-order valence-electron chi connectivity index (χ1n) is 8.62. The Hall–Kier alpha value is -2.86. The van der Waals surface area contributed by atoms with Crippen molar-refractivity contribution >= 4 is 22.6 Å². The Bertz CT molecular complexity index is 918. The van der Waals surface area contributed by atoms with Gasteiger partial charge in [-0.3, -0.25) is 4.79 Å². The van der Waals surface area contributed by atoms with E-state index in [4.69, 9.17) is 9.84 Å². The van der Waals surface area contributed by atoms with Crippen molar-refractivity contribution in [3.63, 3.8) is 0 Å². The van der Waals surface area contributed by atoms with E-state index in [0.29, 0.717) is 24.3 Å². The van der Waals surface area contributed by atoms with Crippen LogP contribution in [0.1, 0.15) is 17.8 Å². The molecule has 0 aliphatic rings. The number of imidazole rings is 1. The monoisotopic (exact) mass is 353 g/mol. The van der Waals surface area contributed by atoms with Gasteiger partial charge in [0.1, 0.15) is 18.1 Å². The third kappa shape index (κ3) is 3.86. The van der Waals surface area contributed by atoms with Crippen molar-refractivity contribution in [1.82, 2.24) is 9.55 Å². The lowest BCUT2D eigenvalue weighted by molar-refractivity contribution is -0.116. The molecule has 0 saturated heterocycles. The van der Waals surface area contributed by atoms with Crippen molar-refractivity contribution in [2.45, 2.75) is 26.3 Å². The minimum atomic E-state index is -0.151. The first-order valence-corrected chi connectivity index (χ1v) is 8.62. The van der Waals surface area contributed by atoms with Crippen LogP contribution in [0.25, 0.3) is 11.0 Å². The normalized spacial score (nSPS) is 10.9. The number of aliphatic hydroxyl groups is 1. The van der Waals surface area contributed by atoms with Crippen molar-refractivity contribution in [2.75, 3.05) is 19.0 Å². The molecule has 0 bridgehead atoms. The van der Waals surface area contributed by atoms with Gasteiger partial charge < -0.3 is 19.7 Å². The minimum absolute atomic E-state index is 0.0931. The molecular weight excluding hydrogens is 330 g/mol. The first-order chi connectivity index (χ1) is 12.6. The van der Waals surface area contributed by atoms with Gasteiger partial charge in [0.25, 0.3) is 0 Å². The van der Waals surface area contributed by atoms with Crippen molar-refractivity contribution in [3.8, 4) is 5.75 Å². The van der Waals surface area contributed by atoms with Gasteiger partial charge in [0, 0.05) is 13.0 Å². The summed E-state index contributed by atoms with van der Waals surface area (Å²) < 4.78 is 7.23. The van der Waals surface area contributed by atoms with Crippen LogP contribution < -0.4 is 10.1 Å². The number of hydrogen-bond acceptors (Lipinski definition) is 4. The number of aliphatic hydroxyl groups excluding tert-OH is 1. The summed E-state index contributed by atoms with van der Waals surface area (Å²) in [5.41, 5.74) is 3.45. The number of para-hydroxylation sites is 2. The largest absolute Gasteiger partial charge is 0.495 e. The molecule has 0 atom stereocenters. The second-order valence-corrected chi connectivity index (χ2v) is 6.18. The maximum atomic E-state index is 12.7. The maximum Gasteiger partial charge on any atom is 0.244 e.